The summed E-state index contributed by atoms with van der Waals surface area (Å²) < 4.78 is 9.00. The van der Waals surface area contributed by atoms with E-state index in [0.717, 1.165) is 29.3 Å². The van der Waals surface area contributed by atoms with E-state index in [9.17, 15) is 0 Å². The summed E-state index contributed by atoms with van der Waals surface area (Å²) in [7, 11) is 2.18. The number of fused-ring (bicyclic) bond motifs is 3. The Morgan fingerprint density at radius 2 is 1.85 bits per heavy atom. The van der Waals surface area contributed by atoms with Crippen molar-refractivity contribution < 1.29 is 9.30 Å². The molecule has 174 valence electrons. The minimum absolute atomic E-state index is 0.601. The van der Waals surface area contributed by atoms with E-state index in [2.05, 4.69) is 75.7 Å². The molecular weight excluding hydrogens is 416 g/mol. The average Bonchev–Trinajstić information content (AvgIpc) is 2.81. The molecule has 0 saturated heterocycles. The number of hydrogen-bond donors (Lipinski definition) is 0. The van der Waals surface area contributed by atoms with Crippen LogP contribution in [0.2, 0.25) is 0 Å². The van der Waals surface area contributed by atoms with Crippen LogP contribution in [0.3, 0.4) is 0 Å². The lowest BCUT2D eigenvalue weighted by Crippen LogP contribution is -2.34. The molecule has 3 aromatic carbocycles. The zero-order valence-corrected chi connectivity index (χ0v) is 21.2. The van der Waals surface area contributed by atoms with Crippen molar-refractivity contribution in [3.63, 3.8) is 0 Å². The molecule has 3 nitrogen and oxygen atoms in total. The van der Waals surface area contributed by atoms with Gasteiger partial charge in [0, 0.05) is 11.5 Å². The van der Waals surface area contributed by atoms with Crippen LogP contribution in [-0.2, 0) is 13.5 Å². The molecule has 0 bridgehead atoms. The number of hydrogen-bond acceptors (Lipinski definition) is 2. The van der Waals surface area contributed by atoms with Crippen LogP contribution in [0.5, 0.6) is 11.6 Å². The van der Waals surface area contributed by atoms with Gasteiger partial charge in [-0.05, 0) is 78.7 Å². The fourth-order valence-corrected chi connectivity index (χ4v) is 6.32. The van der Waals surface area contributed by atoms with Crippen molar-refractivity contribution in [2.75, 3.05) is 0 Å². The third kappa shape index (κ3) is 3.32. The van der Waals surface area contributed by atoms with E-state index in [1.807, 2.05) is 0 Å². The van der Waals surface area contributed by atoms with Gasteiger partial charge in [0.05, 0.1) is 5.56 Å². The first-order valence-corrected chi connectivity index (χ1v) is 13.0. The van der Waals surface area contributed by atoms with Gasteiger partial charge in [0.2, 0.25) is 5.52 Å². The number of aryl methyl sites for hydroxylation is 2. The molecule has 1 fully saturated rings. The first-order valence-electron chi connectivity index (χ1n) is 13.0. The maximum absolute atomic E-state index is 6.67. The lowest BCUT2D eigenvalue weighted by atomic mass is 9.83. The third-order valence-electron chi connectivity index (χ3n) is 8.07. The SMILES string of the molecule is Cc1cc2cc(CC(C)C)cc3c2c(c1C)-c1c(nc2c(C4CCCCC4)cccc2[n+]1C)O3. The van der Waals surface area contributed by atoms with Crippen LogP contribution in [0.15, 0.2) is 36.4 Å². The van der Waals surface area contributed by atoms with Gasteiger partial charge >= 0.3 is 0 Å². The van der Waals surface area contributed by atoms with Gasteiger partial charge in [-0.3, -0.25) is 0 Å². The first kappa shape index (κ1) is 21.6. The van der Waals surface area contributed by atoms with E-state index in [4.69, 9.17) is 9.72 Å². The fraction of sp³-hybridized carbons (Fsp3) is 0.419. The van der Waals surface area contributed by atoms with Crippen molar-refractivity contribution in [2.24, 2.45) is 13.0 Å². The molecule has 0 atom stereocenters. The number of aromatic nitrogens is 2. The van der Waals surface area contributed by atoms with E-state index in [0.29, 0.717) is 11.8 Å². The van der Waals surface area contributed by atoms with Crippen molar-refractivity contribution in [1.29, 1.82) is 0 Å². The van der Waals surface area contributed by atoms with Crippen LogP contribution < -0.4 is 9.30 Å². The van der Waals surface area contributed by atoms with Gasteiger partial charge in [-0.15, -0.1) is 0 Å². The molecule has 4 aromatic rings. The smallest absolute Gasteiger partial charge is 0.294 e. The standard InChI is InChI=1S/C31H35N2O/c1-18(2)14-21-16-23-15-19(3)20(4)27-28(23)26(17-21)34-31-30(27)33(5)25-13-9-12-24(29(25)32-31)22-10-7-6-8-11-22/h9,12-13,15-18,22H,6-8,10-11,14H2,1-5H3/q+1. The second kappa shape index (κ2) is 8.08. The van der Waals surface area contributed by atoms with E-state index in [-0.39, 0.29) is 0 Å². The summed E-state index contributed by atoms with van der Waals surface area (Å²) in [6.45, 7) is 9.02. The highest BCUT2D eigenvalue weighted by Gasteiger charge is 2.34. The van der Waals surface area contributed by atoms with Crippen molar-refractivity contribution in [1.82, 2.24) is 4.98 Å². The van der Waals surface area contributed by atoms with Crippen molar-refractivity contribution in [3.05, 3.63) is 58.7 Å². The zero-order chi connectivity index (χ0) is 23.6. The second-order valence-electron chi connectivity index (χ2n) is 11.0. The number of para-hydroxylation sites is 1. The molecule has 0 amide bonds. The summed E-state index contributed by atoms with van der Waals surface area (Å²) in [6.07, 6.45) is 7.58. The maximum atomic E-state index is 6.67. The Labute approximate surface area is 202 Å². The Hall–Kier alpha value is -2.94. The highest BCUT2D eigenvalue weighted by atomic mass is 16.5. The topological polar surface area (TPSA) is 26.0 Å². The van der Waals surface area contributed by atoms with Crippen molar-refractivity contribution >= 4 is 21.8 Å². The molecule has 2 aliphatic rings. The minimum atomic E-state index is 0.601. The van der Waals surface area contributed by atoms with Crippen LogP contribution in [0, 0.1) is 19.8 Å². The molecule has 6 rings (SSSR count). The number of ether oxygens (including phenoxy) is 1. The van der Waals surface area contributed by atoms with Gasteiger partial charge in [0.15, 0.2) is 0 Å². The lowest BCUT2D eigenvalue weighted by Gasteiger charge is -2.25. The Morgan fingerprint density at radius 1 is 1.06 bits per heavy atom. The van der Waals surface area contributed by atoms with Gasteiger partial charge in [-0.2, -0.15) is 4.57 Å². The van der Waals surface area contributed by atoms with Crippen LogP contribution in [-0.4, -0.2) is 4.98 Å². The quantitative estimate of drug-likeness (QED) is 0.261. The molecule has 1 aromatic heterocycles. The fourth-order valence-electron chi connectivity index (χ4n) is 6.32. The Bertz CT molecular complexity index is 1440. The van der Waals surface area contributed by atoms with Gasteiger partial charge < -0.3 is 4.74 Å². The minimum Gasteiger partial charge on any atom is -0.433 e. The summed E-state index contributed by atoms with van der Waals surface area (Å²) in [5, 5.41) is 2.50. The first-order chi connectivity index (χ1) is 16.4. The number of benzene rings is 3. The monoisotopic (exact) mass is 451 g/mol. The van der Waals surface area contributed by atoms with Crippen LogP contribution in [0.25, 0.3) is 33.1 Å². The molecular formula is C31H35N2O+. The highest BCUT2D eigenvalue weighted by molar-refractivity contribution is 6.05. The molecule has 0 radical (unpaired) electrons. The highest BCUT2D eigenvalue weighted by Crippen LogP contribution is 2.48. The van der Waals surface area contributed by atoms with Gasteiger partial charge in [0.1, 0.15) is 18.3 Å². The molecule has 1 aliphatic heterocycles. The summed E-state index contributed by atoms with van der Waals surface area (Å²) >= 11 is 0. The normalized spacial score (nSPS) is 15.7. The Balaban J connectivity index is 1.64. The molecule has 2 heterocycles. The average molecular weight is 452 g/mol. The largest absolute Gasteiger partial charge is 0.433 e. The molecule has 1 aliphatic carbocycles. The summed E-state index contributed by atoms with van der Waals surface area (Å²) in [5.41, 5.74) is 10.0. The van der Waals surface area contributed by atoms with E-state index in [1.54, 1.807) is 0 Å². The molecule has 0 unspecified atom stereocenters. The van der Waals surface area contributed by atoms with Crippen molar-refractivity contribution in [2.45, 2.75) is 72.1 Å². The molecule has 34 heavy (non-hydrogen) atoms. The maximum Gasteiger partial charge on any atom is 0.294 e. The Morgan fingerprint density at radius 3 is 2.62 bits per heavy atom. The number of rotatable bonds is 3. The zero-order valence-electron chi connectivity index (χ0n) is 21.2. The third-order valence-corrected chi connectivity index (χ3v) is 8.07. The van der Waals surface area contributed by atoms with E-state index >= 15 is 0 Å². The molecule has 0 N–H and O–H groups in total. The van der Waals surface area contributed by atoms with E-state index < -0.39 is 0 Å². The van der Waals surface area contributed by atoms with Crippen molar-refractivity contribution in [3.8, 4) is 22.9 Å². The predicted octanol–water partition coefficient (Wildman–Crippen LogP) is 7.85. The van der Waals surface area contributed by atoms with E-state index in [1.165, 1.54) is 76.2 Å². The summed E-state index contributed by atoms with van der Waals surface area (Å²) in [6, 6.07) is 13.7. The van der Waals surface area contributed by atoms with Gasteiger partial charge in [-0.1, -0.05) is 57.4 Å². The van der Waals surface area contributed by atoms with Crippen LogP contribution >= 0.6 is 0 Å². The van der Waals surface area contributed by atoms with Gasteiger partial charge in [0.25, 0.3) is 11.6 Å². The van der Waals surface area contributed by atoms with Crippen LogP contribution in [0.4, 0.5) is 0 Å². The Kier molecular flexibility index (Phi) is 5.13. The van der Waals surface area contributed by atoms with Gasteiger partial charge in [-0.25, -0.2) is 4.98 Å². The predicted molar refractivity (Wildman–Crippen MR) is 140 cm³/mol. The summed E-state index contributed by atoms with van der Waals surface area (Å²) in [4.78, 5) is 5.26. The molecule has 3 heteroatoms. The molecule has 0 spiro atoms. The molecule has 1 saturated carbocycles. The lowest BCUT2D eigenvalue weighted by molar-refractivity contribution is -0.634. The summed E-state index contributed by atoms with van der Waals surface area (Å²) in [5.74, 6) is 2.91. The second-order valence-corrected chi connectivity index (χ2v) is 11.0. The number of nitrogens with zero attached hydrogens (tertiary/aromatic N) is 2. The van der Waals surface area contributed by atoms with Crippen LogP contribution in [0.1, 0.15) is 74.1 Å².